The predicted octanol–water partition coefficient (Wildman–Crippen LogP) is 5.48. The molecule has 1 unspecified atom stereocenters. The maximum absolute atomic E-state index is 13.0. The first-order valence-electron chi connectivity index (χ1n) is 8.47. The largest absolute Gasteiger partial charge is 0.493 e. The van der Waals surface area contributed by atoms with Gasteiger partial charge in [-0.1, -0.05) is 36.0 Å². The van der Waals surface area contributed by atoms with E-state index in [1.54, 1.807) is 19.1 Å². The zero-order valence-electron chi connectivity index (χ0n) is 14.9. The van der Waals surface area contributed by atoms with Crippen LogP contribution in [0, 0.1) is 5.82 Å². The Hall–Kier alpha value is -2.45. The molecule has 0 aliphatic rings. The van der Waals surface area contributed by atoms with Gasteiger partial charge in [-0.2, -0.15) is 0 Å². The van der Waals surface area contributed by atoms with E-state index in [1.807, 2.05) is 29.6 Å². The molecular weight excluding hydrogens is 404 g/mol. The highest BCUT2D eigenvalue weighted by Gasteiger charge is 2.18. The molecule has 0 radical (unpaired) electrons. The summed E-state index contributed by atoms with van der Waals surface area (Å²) in [6, 6.07) is 13.9. The van der Waals surface area contributed by atoms with Gasteiger partial charge in [-0.25, -0.2) is 14.2 Å². The van der Waals surface area contributed by atoms with Gasteiger partial charge in [0.25, 0.3) is 0 Å². The standard InChI is InChI=1S/C20H17F2NO3S2/c1-13(19(24)26-22)28-20-23-17(12-27-20)10-11-25-18-8-4-15(5-9-18)14-2-6-16(21)7-3-14/h2-9,12-13H,10-11H2,1H3. The molecule has 0 amide bonds. The van der Waals surface area contributed by atoms with Crippen LogP contribution in [0.1, 0.15) is 12.6 Å². The summed E-state index contributed by atoms with van der Waals surface area (Å²) in [5.41, 5.74) is 2.76. The molecule has 0 saturated carbocycles. The summed E-state index contributed by atoms with van der Waals surface area (Å²) in [5, 5.41) is 1.23. The molecule has 0 spiro atoms. The Bertz CT molecular complexity index is 914. The minimum atomic E-state index is -0.922. The molecule has 0 saturated heterocycles. The van der Waals surface area contributed by atoms with Gasteiger partial charge in [0.05, 0.1) is 12.3 Å². The van der Waals surface area contributed by atoms with Gasteiger partial charge >= 0.3 is 5.97 Å². The van der Waals surface area contributed by atoms with Crippen molar-refractivity contribution >= 4 is 29.1 Å². The van der Waals surface area contributed by atoms with Crippen molar-refractivity contribution in [3.05, 3.63) is 65.4 Å². The maximum Gasteiger partial charge on any atom is 0.361 e. The molecule has 1 atom stereocenters. The molecule has 3 aromatic rings. The number of benzene rings is 2. The molecule has 4 nitrogen and oxygen atoms in total. The van der Waals surface area contributed by atoms with Crippen molar-refractivity contribution in [1.29, 1.82) is 0 Å². The van der Waals surface area contributed by atoms with Crippen LogP contribution in [-0.2, 0) is 16.2 Å². The molecule has 0 N–H and O–H groups in total. The third-order valence-electron chi connectivity index (χ3n) is 3.88. The van der Waals surface area contributed by atoms with Gasteiger partial charge in [0.15, 0.2) is 4.34 Å². The smallest absolute Gasteiger partial charge is 0.361 e. The van der Waals surface area contributed by atoms with Gasteiger partial charge in [-0.3, -0.25) is 4.94 Å². The van der Waals surface area contributed by atoms with Crippen molar-refractivity contribution in [3.8, 4) is 16.9 Å². The highest BCUT2D eigenvalue weighted by Crippen LogP contribution is 2.28. The zero-order chi connectivity index (χ0) is 19.9. The van der Waals surface area contributed by atoms with E-state index in [-0.39, 0.29) is 5.82 Å². The first kappa shape index (κ1) is 20.3. The van der Waals surface area contributed by atoms with Crippen molar-refractivity contribution in [2.75, 3.05) is 6.61 Å². The molecule has 0 fully saturated rings. The van der Waals surface area contributed by atoms with Crippen LogP contribution in [0.2, 0.25) is 0 Å². The van der Waals surface area contributed by atoms with Crippen molar-refractivity contribution in [1.82, 2.24) is 4.98 Å². The summed E-state index contributed by atoms with van der Waals surface area (Å²) >= 11 is 2.55. The fourth-order valence-electron chi connectivity index (χ4n) is 2.38. The van der Waals surface area contributed by atoms with Crippen LogP contribution in [0.25, 0.3) is 11.1 Å². The van der Waals surface area contributed by atoms with Crippen LogP contribution in [-0.4, -0.2) is 22.8 Å². The second-order valence-electron chi connectivity index (χ2n) is 5.89. The molecule has 0 bridgehead atoms. The Labute approximate surface area is 169 Å². The van der Waals surface area contributed by atoms with Gasteiger partial charge < -0.3 is 4.74 Å². The summed E-state index contributed by atoms with van der Waals surface area (Å²) in [6.45, 7) is 2.01. The Morgan fingerprint density at radius 2 is 1.79 bits per heavy atom. The van der Waals surface area contributed by atoms with E-state index in [9.17, 15) is 13.7 Å². The molecule has 8 heteroatoms. The minimum absolute atomic E-state index is 0.260. The number of nitrogens with zero attached hydrogens (tertiary/aromatic N) is 1. The first-order valence-corrected chi connectivity index (χ1v) is 10.2. The molecular formula is C20H17F2NO3S2. The van der Waals surface area contributed by atoms with Crippen LogP contribution in [0.3, 0.4) is 0 Å². The molecule has 1 heterocycles. The first-order chi connectivity index (χ1) is 13.5. The Kier molecular flexibility index (Phi) is 7.00. The lowest BCUT2D eigenvalue weighted by atomic mass is 10.1. The van der Waals surface area contributed by atoms with Crippen LogP contribution in [0.5, 0.6) is 5.75 Å². The van der Waals surface area contributed by atoms with E-state index >= 15 is 0 Å². The summed E-state index contributed by atoms with van der Waals surface area (Å²) in [4.78, 5) is 18.7. The lowest BCUT2D eigenvalue weighted by molar-refractivity contribution is -0.182. The second-order valence-corrected chi connectivity index (χ2v) is 8.34. The number of carbonyl (C=O) groups is 1. The summed E-state index contributed by atoms with van der Waals surface area (Å²) in [7, 11) is 0. The monoisotopic (exact) mass is 421 g/mol. The fraction of sp³-hybridized carbons (Fsp3) is 0.200. The summed E-state index contributed by atoms with van der Waals surface area (Å²) < 4.78 is 31.3. The predicted molar refractivity (Wildman–Crippen MR) is 106 cm³/mol. The molecule has 1 aromatic heterocycles. The number of carbonyl (C=O) groups excluding carboxylic acids is 1. The Morgan fingerprint density at radius 1 is 1.14 bits per heavy atom. The number of hydrogen-bond acceptors (Lipinski definition) is 6. The van der Waals surface area contributed by atoms with Crippen LogP contribution < -0.4 is 4.74 Å². The number of ether oxygens (including phenoxy) is 1. The average Bonchev–Trinajstić information content (AvgIpc) is 3.15. The number of thiazole rings is 1. The zero-order valence-corrected chi connectivity index (χ0v) is 16.6. The van der Waals surface area contributed by atoms with Crippen molar-refractivity contribution in [3.63, 3.8) is 0 Å². The van der Waals surface area contributed by atoms with Crippen LogP contribution in [0.4, 0.5) is 8.92 Å². The molecule has 28 heavy (non-hydrogen) atoms. The van der Waals surface area contributed by atoms with Crippen LogP contribution >= 0.6 is 23.1 Å². The highest BCUT2D eigenvalue weighted by molar-refractivity contribution is 8.02. The summed E-state index contributed by atoms with van der Waals surface area (Å²) in [6.07, 6.45) is 0.610. The summed E-state index contributed by atoms with van der Waals surface area (Å²) in [5.74, 6) is -0.451. The highest BCUT2D eigenvalue weighted by atomic mass is 32.2. The van der Waals surface area contributed by atoms with Crippen molar-refractivity contribution < 1.29 is 23.4 Å². The van der Waals surface area contributed by atoms with Gasteiger partial charge in [0.2, 0.25) is 0 Å². The molecule has 2 aromatic carbocycles. The number of thioether (sulfide) groups is 1. The molecule has 3 rings (SSSR count). The lowest BCUT2D eigenvalue weighted by Gasteiger charge is -2.07. The maximum atomic E-state index is 13.0. The third-order valence-corrected chi connectivity index (χ3v) is 5.97. The van der Waals surface area contributed by atoms with Crippen molar-refractivity contribution in [2.24, 2.45) is 0 Å². The molecule has 0 aliphatic carbocycles. The van der Waals surface area contributed by atoms with E-state index in [0.29, 0.717) is 17.4 Å². The Morgan fingerprint density at radius 3 is 2.43 bits per heavy atom. The minimum Gasteiger partial charge on any atom is -0.493 e. The Balaban J connectivity index is 1.49. The third kappa shape index (κ3) is 5.53. The van der Waals surface area contributed by atoms with E-state index in [4.69, 9.17) is 4.74 Å². The molecule has 0 aliphatic heterocycles. The van der Waals surface area contributed by atoms with Crippen molar-refractivity contribution in [2.45, 2.75) is 22.9 Å². The van der Waals surface area contributed by atoms with E-state index in [0.717, 1.165) is 34.3 Å². The van der Waals surface area contributed by atoms with Gasteiger partial charge in [0, 0.05) is 16.3 Å². The number of hydrogen-bond donors (Lipinski definition) is 0. The SMILES string of the molecule is CC(Sc1nc(CCOc2ccc(-c3ccc(F)cc3)cc2)cs1)C(=O)OF. The lowest BCUT2D eigenvalue weighted by Crippen LogP contribution is -2.12. The number of aromatic nitrogens is 1. The normalized spacial score (nSPS) is 11.8. The van der Waals surface area contributed by atoms with E-state index in [1.165, 1.54) is 23.5 Å². The topological polar surface area (TPSA) is 48.4 Å². The van der Waals surface area contributed by atoms with Gasteiger partial charge in [-0.15, -0.1) is 11.3 Å². The average molecular weight is 421 g/mol. The second kappa shape index (κ2) is 9.66. The fourth-order valence-corrected chi connectivity index (χ4v) is 4.36. The quantitative estimate of drug-likeness (QED) is 0.451. The van der Waals surface area contributed by atoms with E-state index < -0.39 is 11.2 Å². The van der Waals surface area contributed by atoms with Gasteiger partial charge in [-0.05, 0) is 42.3 Å². The van der Waals surface area contributed by atoms with Gasteiger partial charge in [0.1, 0.15) is 16.8 Å². The number of halogens is 2. The number of rotatable bonds is 8. The van der Waals surface area contributed by atoms with E-state index in [2.05, 4.69) is 9.93 Å². The van der Waals surface area contributed by atoms with Crippen LogP contribution in [0.15, 0.2) is 58.3 Å². The molecule has 146 valence electrons.